The second-order valence-corrected chi connectivity index (χ2v) is 6.05. The molecule has 0 heterocycles. The number of rotatable bonds is 4. The van der Waals surface area contributed by atoms with Crippen LogP contribution in [0.3, 0.4) is 0 Å². The van der Waals surface area contributed by atoms with Crippen LogP contribution in [-0.2, 0) is 9.59 Å². The summed E-state index contributed by atoms with van der Waals surface area (Å²) in [7, 11) is 0. The van der Waals surface area contributed by atoms with Gasteiger partial charge in [-0.25, -0.2) is 0 Å². The average molecular weight is 344 g/mol. The Balaban J connectivity index is 1.79. The van der Waals surface area contributed by atoms with Crippen LogP contribution in [0.1, 0.15) is 18.1 Å². The minimum absolute atomic E-state index is 0.146. The second kappa shape index (κ2) is 7.66. The summed E-state index contributed by atoms with van der Waals surface area (Å²) >= 11 is 0. The fourth-order valence-corrected chi connectivity index (χ4v) is 2.83. The summed E-state index contributed by atoms with van der Waals surface area (Å²) in [4.78, 5) is 23.6. The van der Waals surface area contributed by atoms with Gasteiger partial charge >= 0.3 is 0 Å². The molecule has 0 aliphatic carbocycles. The zero-order valence-electron chi connectivity index (χ0n) is 14.7. The lowest BCUT2D eigenvalue weighted by molar-refractivity contribution is -0.114. The maximum absolute atomic E-state index is 12.3. The van der Waals surface area contributed by atoms with Gasteiger partial charge < -0.3 is 10.6 Å². The van der Waals surface area contributed by atoms with Gasteiger partial charge in [-0.3, -0.25) is 9.59 Å². The number of hydrogen-bond donors (Lipinski definition) is 2. The number of carbonyl (C=O) groups is 2. The highest BCUT2D eigenvalue weighted by molar-refractivity contribution is 6.04. The maximum Gasteiger partial charge on any atom is 0.248 e. The highest BCUT2D eigenvalue weighted by Gasteiger charge is 2.07. The molecule has 0 bridgehead atoms. The number of nitrogens with one attached hydrogen (secondary N) is 2. The molecule has 0 radical (unpaired) electrons. The van der Waals surface area contributed by atoms with E-state index in [1.807, 2.05) is 61.5 Å². The first kappa shape index (κ1) is 17.4. The highest BCUT2D eigenvalue weighted by atomic mass is 16.2. The Kier molecular flexibility index (Phi) is 5.13. The lowest BCUT2D eigenvalue weighted by Gasteiger charge is -2.11. The number of anilines is 2. The summed E-state index contributed by atoms with van der Waals surface area (Å²) in [6, 6.07) is 19.5. The number of hydrogen-bond acceptors (Lipinski definition) is 2. The fraction of sp³-hybridized carbons (Fsp3) is 0.0909. The molecule has 2 amide bonds. The van der Waals surface area contributed by atoms with Crippen LogP contribution in [0.15, 0.2) is 66.7 Å². The third-order valence-corrected chi connectivity index (χ3v) is 4.14. The lowest BCUT2D eigenvalue weighted by atomic mass is 10.0. The van der Waals surface area contributed by atoms with Crippen LogP contribution in [0.25, 0.3) is 16.8 Å². The zero-order valence-corrected chi connectivity index (χ0v) is 14.7. The largest absolute Gasteiger partial charge is 0.326 e. The molecule has 0 spiro atoms. The van der Waals surface area contributed by atoms with Gasteiger partial charge in [0.15, 0.2) is 0 Å². The lowest BCUT2D eigenvalue weighted by Crippen LogP contribution is -2.12. The van der Waals surface area contributed by atoms with E-state index in [-0.39, 0.29) is 11.8 Å². The molecule has 0 saturated carbocycles. The quantitative estimate of drug-likeness (QED) is 0.671. The predicted octanol–water partition coefficient (Wildman–Crippen LogP) is 4.76. The Bertz CT molecular complexity index is 1000. The van der Waals surface area contributed by atoms with Crippen molar-refractivity contribution in [2.75, 3.05) is 10.6 Å². The van der Waals surface area contributed by atoms with E-state index in [9.17, 15) is 9.59 Å². The van der Waals surface area contributed by atoms with E-state index in [1.54, 1.807) is 12.1 Å². The predicted molar refractivity (Wildman–Crippen MR) is 107 cm³/mol. The van der Waals surface area contributed by atoms with Gasteiger partial charge in [0.1, 0.15) is 0 Å². The number of carbonyl (C=O) groups excluding carboxylic acids is 2. The van der Waals surface area contributed by atoms with Crippen molar-refractivity contribution in [1.82, 2.24) is 0 Å². The molecule has 4 heteroatoms. The van der Waals surface area contributed by atoms with Gasteiger partial charge in [-0.05, 0) is 47.0 Å². The minimum Gasteiger partial charge on any atom is -0.326 e. The molecule has 0 saturated heterocycles. The van der Waals surface area contributed by atoms with Crippen molar-refractivity contribution >= 4 is 40.0 Å². The van der Waals surface area contributed by atoms with Crippen molar-refractivity contribution in [2.24, 2.45) is 0 Å². The van der Waals surface area contributed by atoms with E-state index in [0.717, 1.165) is 21.9 Å². The number of fused-ring (bicyclic) bond motifs is 1. The summed E-state index contributed by atoms with van der Waals surface area (Å²) in [6.07, 6.45) is 3.33. The van der Waals surface area contributed by atoms with Crippen molar-refractivity contribution in [3.63, 3.8) is 0 Å². The fourth-order valence-electron chi connectivity index (χ4n) is 2.83. The van der Waals surface area contributed by atoms with Crippen LogP contribution in [0, 0.1) is 6.92 Å². The highest BCUT2D eigenvalue weighted by Crippen LogP contribution is 2.24. The Morgan fingerprint density at radius 1 is 0.846 bits per heavy atom. The van der Waals surface area contributed by atoms with Crippen molar-refractivity contribution in [3.8, 4) is 0 Å². The summed E-state index contributed by atoms with van der Waals surface area (Å²) in [5, 5.41) is 7.85. The van der Waals surface area contributed by atoms with Crippen LogP contribution in [-0.4, -0.2) is 11.8 Å². The monoisotopic (exact) mass is 344 g/mol. The van der Waals surface area contributed by atoms with Crippen molar-refractivity contribution in [2.45, 2.75) is 13.8 Å². The Morgan fingerprint density at radius 2 is 1.50 bits per heavy atom. The average Bonchev–Trinajstić information content (AvgIpc) is 2.63. The van der Waals surface area contributed by atoms with Gasteiger partial charge in [0.05, 0.1) is 0 Å². The summed E-state index contributed by atoms with van der Waals surface area (Å²) in [5.74, 6) is -0.367. The molecule has 0 unspecified atom stereocenters. The molecule has 26 heavy (non-hydrogen) atoms. The molecule has 0 aromatic heterocycles. The zero-order chi connectivity index (χ0) is 18.5. The molecule has 3 aromatic carbocycles. The summed E-state index contributed by atoms with van der Waals surface area (Å²) < 4.78 is 0. The second-order valence-electron chi connectivity index (χ2n) is 6.05. The van der Waals surface area contributed by atoms with Crippen LogP contribution in [0.2, 0.25) is 0 Å². The Hall–Kier alpha value is -3.40. The first-order valence-electron chi connectivity index (χ1n) is 8.38. The van der Waals surface area contributed by atoms with Crippen molar-refractivity contribution < 1.29 is 9.59 Å². The van der Waals surface area contributed by atoms with Crippen LogP contribution < -0.4 is 10.6 Å². The first-order chi connectivity index (χ1) is 12.5. The van der Waals surface area contributed by atoms with E-state index < -0.39 is 0 Å². The first-order valence-corrected chi connectivity index (χ1v) is 8.38. The molecule has 0 fully saturated rings. The van der Waals surface area contributed by atoms with Gasteiger partial charge in [-0.2, -0.15) is 0 Å². The molecule has 3 rings (SSSR count). The summed E-state index contributed by atoms with van der Waals surface area (Å²) in [6.45, 7) is 3.31. The third-order valence-electron chi connectivity index (χ3n) is 4.14. The molecule has 4 nitrogen and oxygen atoms in total. The summed E-state index contributed by atoms with van der Waals surface area (Å²) in [5.41, 5.74) is 3.16. The molecule has 2 N–H and O–H groups in total. The van der Waals surface area contributed by atoms with Gasteiger partial charge in [0, 0.05) is 24.4 Å². The van der Waals surface area contributed by atoms with Crippen LogP contribution >= 0.6 is 0 Å². The minimum atomic E-state index is -0.221. The Morgan fingerprint density at radius 3 is 2.27 bits per heavy atom. The third kappa shape index (κ3) is 3.98. The van der Waals surface area contributed by atoms with Gasteiger partial charge in [0.25, 0.3) is 0 Å². The van der Waals surface area contributed by atoms with Crippen molar-refractivity contribution in [3.05, 3.63) is 77.9 Å². The normalized spacial score (nSPS) is 10.8. The smallest absolute Gasteiger partial charge is 0.248 e. The SMILES string of the molecule is CC(=O)Nc1cccc(NC(=O)/C=C/c2cccc3ccccc23)c1C. The van der Waals surface area contributed by atoms with E-state index >= 15 is 0 Å². The maximum atomic E-state index is 12.3. The molecule has 0 atom stereocenters. The van der Waals surface area contributed by atoms with Crippen LogP contribution in [0.5, 0.6) is 0 Å². The van der Waals surface area contributed by atoms with Crippen LogP contribution in [0.4, 0.5) is 11.4 Å². The molecule has 3 aromatic rings. The van der Waals surface area contributed by atoms with E-state index in [1.165, 1.54) is 13.0 Å². The standard InChI is InChI=1S/C22H20N2O2/c1-15-20(23-16(2)25)11-6-12-21(15)24-22(26)14-13-18-9-5-8-17-7-3-4-10-19(17)18/h3-14H,1-2H3,(H,23,25)(H,24,26)/b14-13+. The van der Waals surface area contributed by atoms with E-state index in [4.69, 9.17) is 0 Å². The molecular formula is C22H20N2O2. The molecule has 0 aliphatic heterocycles. The topological polar surface area (TPSA) is 58.2 Å². The molecular weight excluding hydrogens is 324 g/mol. The number of amides is 2. The van der Waals surface area contributed by atoms with E-state index in [0.29, 0.717) is 11.4 Å². The molecule has 130 valence electrons. The van der Waals surface area contributed by atoms with Gasteiger partial charge in [-0.1, -0.05) is 48.5 Å². The molecule has 0 aliphatic rings. The van der Waals surface area contributed by atoms with Gasteiger partial charge in [0.2, 0.25) is 11.8 Å². The number of benzene rings is 3. The van der Waals surface area contributed by atoms with Gasteiger partial charge in [-0.15, -0.1) is 0 Å². The van der Waals surface area contributed by atoms with E-state index in [2.05, 4.69) is 10.6 Å². The Labute approximate surface area is 152 Å². The van der Waals surface area contributed by atoms with Crippen molar-refractivity contribution in [1.29, 1.82) is 0 Å².